The smallest absolute Gasteiger partial charge is 0.475 e. The van der Waals surface area contributed by atoms with Gasteiger partial charge in [-0.2, -0.15) is 13.2 Å². The van der Waals surface area contributed by atoms with E-state index in [2.05, 4.69) is 40.7 Å². The van der Waals surface area contributed by atoms with E-state index in [1.807, 2.05) is 6.07 Å². The molecule has 0 fully saturated rings. The Morgan fingerprint density at radius 3 is 2.40 bits per heavy atom. The Balaban J connectivity index is 0.000000277. The van der Waals surface area contributed by atoms with E-state index in [0.29, 0.717) is 5.49 Å². The van der Waals surface area contributed by atoms with Crippen molar-refractivity contribution in [2.75, 3.05) is 0 Å². The molecule has 1 aliphatic heterocycles. The van der Waals surface area contributed by atoms with Gasteiger partial charge >= 0.3 is 12.1 Å². The van der Waals surface area contributed by atoms with Crippen LogP contribution in [0.4, 0.5) is 13.2 Å². The molecule has 0 radical (unpaired) electrons. The highest BCUT2D eigenvalue weighted by Gasteiger charge is 2.38. The monoisotopic (exact) mass is 353 g/mol. The van der Waals surface area contributed by atoms with Crippen LogP contribution < -0.4 is 5.49 Å². The van der Waals surface area contributed by atoms with Crippen LogP contribution >= 0.6 is 0 Å². The van der Waals surface area contributed by atoms with E-state index >= 15 is 0 Å². The number of nitrogens with zero attached hydrogens (tertiary/aromatic N) is 2. The largest absolute Gasteiger partial charge is 0.490 e. The topological polar surface area (TPSA) is 79.0 Å². The average molecular weight is 353 g/mol. The number of carboxylic acids is 1. The predicted molar refractivity (Wildman–Crippen MR) is 84.9 cm³/mol. The van der Waals surface area contributed by atoms with Crippen LogP contribution in [0.5, 0.6) is 0 Å². The fourth-order valence-corrected chi connectivity index (χ4v) is 2.54. The van der Waals surface area contributed by atoms with Gasteiger partial charge in [-0.1, -0.05) is 29.8 Å². The molecule has 25 heavy (non-hydrogen) atoms. The second-order valence-electron chi connectivity index (χ2n) is 5.72. The van der Waals surface area contributed by atoms with Crippen molar-refractivity contribution in [1.29, 1.82) is 5.41 Å². The first-order chi connectivity index (χ1) is 11.7. The Labute approximate surface area is 142 Å². The summed E-state index contributed by atoms with van der Waals surface area (Å²) in [4.78, 5) is 13.2. The molecule has 2 heterocycles. The maximum atomic E-state index is 10.6. The van der Waals surface area contributed by atoms with Gasteiger partial charge in [-0.3, -0.25) is 5.41 Å². The number of hydrogen-bond donors (Lipinski definition) is 2. The van der Waals surface area contributed by atoms with Crippen molar-refractivity contribution in [3.63, 3.8) is 0 Å². The fourth-order valence-electron chi connectivity index (χ4n) is 2.54. The molecule has 0 spiro atoms. The number of nitrogens with one attached hydrogen (secondary N) is 1. The lowest BCUT2D eigenvalue weighted by Gasteiger charge is -2.22. The van der Waals surface area contributed by atoms with Gasteiger partial charge in [0.1, 0.15) is 11.3 Å². The Hall–Kier alpha value is -2.64. The Kier molecular flexibility index (Phi) is 5.61. The number of hydrogen-bond acceptors (Lipinski definition) is 3. The van der Waals surface area contributed by atoms with Crippen LogP contribution in [-0.2, 0) is 17.8 Å². The van der Waals surface area contributed by atoms with Gasteiger partial charge in [0, 0.05) is 19.0 Å². The first-order valence-corrected chi connectivity index (χ1v) is 7.71. The maximum absolute atomic E-state index is 10.6. The summed E-state index contributed by atoms with van der Waals surface area (Å²) in [6.07, 6.45) is -1.70. The lowest BCUT2D eigenvalue weighted by molar-refractivity contribution is -0.192. The number of alkyl halides is 3. The summed E-state index contributed by atoms with van der Waals surface area (Å²) in [5, 5.41) is 15.0. The number of fused-ring (bicyclic) bond motifs is 1. The molecule has 2 aromatic rings. The summed E-state index contributed by atoms with van der Waals surface area (Å²) in [5.41, 5.74) is 3.95. The zero-order chi connectivity index (χ0) is 18.6. The summed E-state index contributed by atoms with van der Waals surface area (Å²) in [7, 11) is 0. The zero-order valence-electron chi connectivity index (χ0n) is 13.6. The van der Waals surface area contributed by atoms with Crippen molar-refractivity contribution >= 4 is 5.97 Å². The van der Waals surface area contributed by atoms with E-state index in [-0.39, 0.29) is 0 Å². The molecule has 1 aliphatic rings. The standard InChI is InChI=1S/C15H17N3.C2HF3O2/c1-11-5-7-12(8-6-11)13-10-14(16)17-15-4-2-3-9-18(13)15;3-2(4,5)1(6)7/h5-8,10,16H,2-4,9H2,1H3;(H,6,7). The Morgan fingerprint density at radius 1 is 1.24 bits per heavy atom. The van der Waals surface area contributed by atoms with E-state index in [1.54, 1.807) is 0 Å². The van der Waals surface area contributed by atoms with Gasteiger partial charge in [0.05, 0.1) is 5.69 Å². The normalized spacial score (nSPS) is 13.4. The van der Waals surface area contributed by atoms with Crippen molar-refractivity contribution in [3.05, 3.63) is 47.2 Å². The molecule has 8 heteroatoms. The first kappa shape index (κ1) is 18.7. The summed E-state index contributed by atoms with van der Waals surface area (Å²) in [6, 6.07) is 10.4. The Morgan fingerprint density at radius 2 is 1.84 bits per heavy atom. The van der Waals surface area contributed by atoms with Crippen molar-refractivity contribution in [1.82, 2.24) is 9.55 Å². The van der Waals surface area contributed by atoms with Gasteiger partial charge in [0.2, 0.25) is 0 Å². The predicted octanol–water partition coefficient (Wildman–Crippen LogP) is 3.31. The lowest BCUT2D eigenvalue weighted by atomic mass is 10.1. The molecule has 1 aromatic heterocycles. The summed E-state index contributed by atoms with van der Waals surface area (Å²) in [5.74, 6) is -1.70. The summed E-state index contributed by atoms with van der Waals surface area (Å²) in [6.45, 7) is 3.11. The van der Waals surface area contributed by atoms with E-state index < -0.39 is 12.1 Å². The maximum Gasteiger partial charge on any atom is 0.490 e. The molecular weight excluding hydrogens is 335 g/mol. The first-order valence-electron chi connectivity index (χ1n) is 7.71. The minimum atomic E-state index is -5.08. The van der Waals surface area contributed by atoms with E-state index in [1.165, 1.54) is 24.0 Å². The van der Waals surface area contributed by atoms with Gasteiger partial charge in [-0.05, 0) is 25.3 Å². The highest BCUT2D eigenvalue weighted by Crippen LogP contribution is 2.23. The molecule has 0 unspecified atom stereocenters. The van der Waals surface area contributed by atoms with Crippen LogP contribution in [0.2, 0.25) is 0 Å². The molecule has 134 valence electrons. The molecule has 1 aromatic carbocycles. The van der Waals surface area contributed by atoms with Gasteiger partial charge in [0.25, 0.3) is 0 Å². The molecule has 2 N–H and O–H groups in total. The van der Waals surface area contributed by atoms with Crippen molar-refractivity contribution in [2.45, 2.75) is 38.9 Å². The number of carboxylic acid groups (broad SMARTS) is 1. The van der Waals surface area contributed by atoms with E-state index in [0.717, 1.165) is 24.5 Å². The molecule has 0 bridgehead atoms. The number of aromatic nitrogens is 2. The zero-order valence-corrected chi connectivity index (χ0v) is 13.6. The van der Waals surface area contributed by atoms with Crippen LogP contribution in [0.1, 0.15) is 24.2 Å². The minimum Gasteiger partial charge on any atom is -0.475 e. The average Bonchev–Trinajstić information content (AvgIpc) is 2.54. The molecule has 0 amide bonds. The van der Waals surface area contributed by atoms with Gasteiger partial charge < -0.3 is 9.67 Å². The number of rotatable bonds is 1. The Bertz CT molecular complexity index is 811. The molecule has 0 atom stereocenters. The second-order valence-corrected chi connectivity index (χ2v) is 5.72. The lowest BCUT2D eigenvalue weighted by Crippen LogP contribution is -2.22. The minimum absolute atomic E-state index is 0.374. The van der Waals surface area contributed by atoms with E-state index in [4.69, 9.17) is 15.3 Å². The summed E-state index contributed by atoms with van der Waals surface area (Å²) < 4.78 is 34.0. The third-order valence-electron chi connectivity index (χ3n) is 3.75. The molecule has 5 nitrogen and oxygen atoms in total. The molecule has 3 rings (SSSR count). The van der Waals surface area contributed by atoms with Crippen molar-refractivity contribution in [2.24, 2.45) is 0 Å². The van der Waals surface area contributed by atoms with Crippen LogP contribution in [-0.4, -0.2) is 26.8 Å². The second kappa shape index (κ2) is 7.50. The molecular formula is C17H18F3N3O2. The van der Waals surface area contributed by atoms with E-state index in [9.17, 15) is 13.2 Å². The molecule has 0 saturated heterocycles. The van der Waals surface area contributed by atoms with Crippen molar-refractivity contribution in [3.8, 4) is 11.3 Å². The molecule has 0 saturated carbocycles. The third kappa shape index (κ3) is 4.91. The van der Waals surface area contributed by atoms with Gasteiger partial charge in [-0.25, -0.2) is 9.78 Å². The highest BCUT2D eigenvalue weighted by atomic mass is 19.4. The summed E-state index contributed by atoms with van der Waals surface area (Å²) >= 11 is 0. The fraction of sp³-hybridized carbons (Fsp3) is 0.353. The third-order valence-corrected chi connectivity index (χ3v) is 3.75. The van der Waals surface area contributed by atoms with Crippen LogP contribution in [0.15, 0.2) is 30.3 Å². The van der Waals surface area contributed by atoms with Crippen LogP contribution in [0.3, 0.4) is 0 Å². The number of aryl methyl sites for hydroxylation is 2. The quantitative estimate of drug-likeness (QED) is 0.826. The van der Waals surface area contributed by atoms with Crippen LogP contribution in [0, 0.1) is 12.3 Å². The van der Waals surface area contributed by atoms with Crippen molar-refractivity contribution < 1.29 is 23.1 Å². The van der Waals surface area contributed by atoms with Gasteiger partial charge in [-0.15, -0.1) is 0 Å². The number of halogens is 3. The highest BCUT2D eigenvalue weighted by molar-refractivity contribution is 5.73. The SMILES string of the molecule is Cc1ccc(-c2cc(=N)nc3n2CCCC3)cc1.O=C(O)C(F)(F)F. The van der Waals surface area contributed by atoms with Crippen LogP contribution in [0.25, 0.3) is 11.3 Å². The molecule has 0 aliphatic carbocycles. The van der Waals surface area contributed by atoms with Gasteiger partial charge in [0.15, 0.2) is 0 Å². The number of aliphatic carboxylic acids is 1. The number of benzene rings is 1. The number of carbonyl (C=O) groups is 1.